The van der Waals surface area contributed by atoms with E-state index in [2.05, 4.69) is 5.32 Å². The minimum Gasteiger partial charge on any atom is -0.336 e. The zero-order valence-corrected chi connectivity index (χ0v) is 9.46. The van der Waals surface area contributed by atoms with Crippen LogP contribution in [-0.2, 0) is 0 Å². The van der Waals surface area contributed by atoms with Crippen molar-refractivity contribution >= 4 is 5.91 Å². The standard InChI is InChI=1S/C12H15FN2O/c1-8-3-4-9(5-11(8)13)12(16)15(2)10-6-14-7-10/h3-5,10,14H,6-7H2,1-2H3. The lowest BCUT2D eigenvalue weighted by atomic mass is 10.1. The van der Waals surface area contributed by atoms with Crippen molar-refractivity contribution in [2.24, 2.45) is 0 Å². The summed E-state index contributed by atoms with van der Waals surface area (Å²) >= 11 is 0. The molecular formula is C12H15FN2O. The van der Waals surface area contributed by atoms with Crippen molar-refractivity contribution in [3.05, 3.63) is 35.1 Å². The van der Waals surface area contributed by atoms with Gasteiger partial charge in [-0.1, -0.05) is 6.07 Å². The second-order valence-corrected chi connectivity index (χ2v) is 4.19. The molecule has 0 saturated carbocycles. The topological polar surface area (TPSA) is 32.3 Å². The molecule has 0 unspecified atom stereocenters. The molecule has 2 rings (SSSR count). The van der Waals surface area contributed by atoms with Gasteiger partial charge >= 0.3 is 0 Å². The first-order valence-corrected chi connectivity index (χ1v) is 5.33. The lowest BCUT2D eigenvalue weighted by molar-refractivity contribution is 0.0680. The van der Waals surface area contributed by atoms with E-state index >= 15 is 0 Å². The van der Waals surface area contributed by atoms with Gasteiger partial charge in [-0.25, -0.2) is 4.39 Å². The average molecular weight is 222 g/mol. The number of benzene rings is 1. The summed E-state index contributed by atoms with van der Waals surface area (Å²) in [6, 6.07) is 4.84. The highest BCUT2D eigenvalue weighted by molar-refractivity contribution is 5.94. The van der Waals surface area contributed by atoms with Gasteiger partial charge < -0.3 is 10.2 Å². The van der Waals surface area contributed by atoms with Crippen LogP contribution >= 0.6 is 0 Å². The van der Waals surface area contributed by atoms with Crippen molar-refractivity contribution in [2.45, 2.75) is 13.0 Å². The molecule has 1 aliphatic heterocycles. The number of aryl methyl sites for hydroxylation is 1. The molecule has 1 aromatic carbocycles. The van der Waals surface area contributed by atoms with Gasteiger partial charge in [0.05, 0.1) is 6.04 Å². The van der Waals surface area contributed by atoms with Gasteiger partial charge in [0.1, 0.15) is 5.82 Å². The first-order valence-electron chi connectivity index (χ1n) is 5.33. The molecule has 0 aromatic heterocycles. The molecule has 1 heterocycles. The minimum absolute atomic E-state index is 0.120. The lowest BCUT2D eigenvalue weighted by Crippen LogP contribution is -2.57. The van der Waals surface area contributed by atoms with Gasteiger partial charge in [0.25, 0.3) is 5.91 Å². The number of amides is 1. The van der Waals surface area contributed by atoms with Crippen LogP contribution in [0.5, 0.6) is 0 Å². The summed E-state index contributed by atoms with van der Waals surface area (Å²) < 4.78 is 13.3. The normalized spacial score (nSPS) is 15.7. The molecule has 3 nitrogen and oxygen atoms in total. The molecule has 0 bridgehead atoms. The van der Waals surface area contributed by atoms with E-state index in [1.807, 2.05) is 0 Å². The maximum absolute atomic E-state index is 13.3. The molecule has 1 aliphatic rings. The summed E-state index contributed by atoms with van der Waals surface area (Å²) in [6.45, 7) is 3.32. The van der Waals surface area contributed by atoms with Gasteiger partial charge in [-0.05, 0) is 24.6 Å². The number of rotatable bonds is 2. The zero-order valence-electron chi connectivity index (χ0n) is 9.46. The molecule has 1 amide bonds. The number of nitrogens with one attached hydrogen (secondary N) is 1. The molecule has 16 heavy (non-hydrogen) atoms. The average Bonchev–Trinajstić information content (AvgIpc) is 2.18. The van der Waals surface area contributed by atoms with E-state index in [1.165, 1.54) is 6.07 Å². The van der Waals surface area contributed by atoms with E-state index < -0.39 is 0 Å². The van der Waals surface area contributed by atoms with Crippen molar-refractivity contribution in [3.8, 4) is 0 Å². The van der Waals surface area contributed by atoms with Gasteiger partial charge in [-0.2, -0.15) is 0 Å². The summed E-state index contributed by atoms with van der Waals surface area (Å²) in [6.07, 6.45) is 0. The van der Waals surface area contributed by atoms with Crippen LogP contribution in [0.1, 0.15) is 15.9 Å². The minimum atomic E-state index is -0.328. The summed E-state index contributed by atoms with van der Waals surface area (Å²) in [5.74, 6) is -0.448. The Morgan fingerprint density at radius 3 is 2.69 bits per heavy atom. The Labute approximate surface area is 94.3 Å². The number of halogens is 1. The second kappa shape index (κ2) is 4.22. The van der Waals surface area contributed by atoms with Gasteiger partial charge in [-0.15, -0.1) is 0 Å². The van der Waals surface area contributed by atoms with Gasteiger partial charge in [0.2, 0.25) is 0 Å². The van der Waals surface area contributed by atoms with Gasteiger partial charge in [0, 0.05) is 25.7 Å². The fourth-order valence-corrected chi connectivity index (χ4v) is 1.64. The zero-order chi connectivity index (χ0) is 11.7. The SMILES string of the molecule is Cc1ccc(C(=O)N(C)C2CNC2)cc1F. The molecular weight excluding hydrogens is 207 g/mol. The lowest BCUT2D eigenvalue weighted by Gasteiger charge is -2.35. The summed E-state index contributed by atoms with van der Waals surface area (Å²) in [5, 5.41) is 3.10. The maximum atomic E-state index is 13.3. The van der Waals surface area contributed by atoms with E-state index in [0.29, 0.717) is 11.1 Å². The number of carbonyl (C=O) groups excluding carboxylic acids is 1. The monoisotopic (exact) mass is 222 g/mol. The Morgan fingerprint density at radius 1 is 1.50 bits per heavy atom. The van der Waals surface area contributed by atoms with Crippen LogP contribution in [-0.4, -0.2) is 37.0 Å². The molecule has 0 radical (unpaired) electrons. The van der Waals surface area contributed by atoms with Crippen LogP contribution < -0.4 is 5.32 Å². The fraction of sp³-hybridized carbons (Fsp3) is 0.417. The van der Waals surface area contributed by atoms with E-state index in [4.69, 9.17) is 0 Å². The third-order valence-electron chi connectivity index (χ3n) is 3.05. The molecule has 0 aliphatic carbocycles. The predicted molar refractivity (Wildman–Crippen MR) is 59.9 cm³/mol. The van der Waals surface area contributed by atoms with E-state index in [0.717, 1.165) is 13.1 Å². The summed E-state index contributed by atoms with van der Waals surface area (Å²) in [5.41, 5.74) is 0.974. The van der Waals surface area contributed by atoms with Crippen molar-refractivity contribution in [1.82, 2.24) is 10.2 Å². The Morgan fingerprint density at radius 2 is 2.19 bits per heavy atom. The molecule has 0 spiro atoms. The molecule has 0 atom stereocenters. The Bertz CT molecular complexity index is 415. The predicted octanol–water partition coefficient (Wildman–Crippen LogP) is 1.18. The molecule has 4 heteroatoms. The number of hydrogen-bond acceptors (Lipinski definition) is 2. The molecule has 1 aromatic rings. The van der Waals surface area contributed by atoms with Crippen molar-refractivity contribution < 1.29 is 9.18 Å². The summed E-state index contributed by atoms with van der Waals surface area (Å²) in [4.78, 5) is 13.6. The first kappa shape index (κ1) is 11.1. The van der Waals surface area contributed by atoms with Crippen LogP contribution in [0.25, 0.3) is 0 Å². The van der Waals surface area contributed by atoms with Crippen LogP contribution in [0.2, 0.25) is 0 Å². The fourth-order valence-electron chi connectivity index (χ4n) is 1.64. The third kappa shape index (κ3) is 1.93. The molecule has 1 N–H and O–H groups in total. The second-order valence-electron chi connectivity index (χ2n) is 4.19. The Kier molecular flexibility index (Phi) is 2.92. The number of likely N-dealkylation sites (N-methyl/N-ethyl adjacent to an activating group) is 1. The van der Waals surface area contributed by atoms with Crippen molar-refractivity contribution in [2.75, 3.05) is 20.1 Å². The highest BCUT2D eigenvalue weighted by Crippen LogP contribution is 2.13. The molecule has 86 valence electrons. The van der Waals surface area contributed by atoms with Crippen LogP contribution in [0.4, 0.5) is 4.39 Å². The molecule has 1 saturated heterocycles. The number of carbonyl (C=O) groups is 1. The van der Waals surface area contributed by atoms with Crippen molar-refractivity contribution in [1.29, 1.82) is 0 Å². The number of nitrogens with zero attached hydrogens (tertiary/aromatic N) is 1. The van der Waals surface area contributed by atoms with Gasteiger partial charge in [-0.3, -0.25) is 4.79 Å². The van der Waals surface area contributed by atoms with Crippen LogP contribution in [0.3, 0.4) is 0 Å². The maximum Gasteiger partial charge on any atom is 0.254 e. The third-order valence-corrected chi connectivity index (χ3v) is 3.05. The van der Waals surface area contributed by atoms with Crippen LogP contribution in [0.15, 0.2) is 18.2 Å². The Hall–Kier alpha value is -1.42. The van der Waals surface area contributed by atoms with Gasteiger partial charge in [0.15, 0.2) is 0 Å². The first-order chi connectivity index (χ1) is 7.59. The van der Waals surface area contributed by atoms with Crippen molar-refractivity contribution in [3.63, 3.8) is 0 Å². The van der Waals surface area contributed by atoms with E-state index in [-0.39, 0.29) is 17.8 Å². The number of hydrogen-bond donors (Lipinski definition) is 1. The largest absolute Gasteiger partial charge is 0.336 e. The Balaban J connectivity index is 2.16. The highest BCUT2D eigenvalue weighted by Gasteiger charge is 2.26. The van der Waals surface area contributed by atoms with E-state index in [1.54, 1.807) is 31.0 Å². The molecule has 1 fully saturated rings. The van der Waals surface area contributed by atoms with E-state index in [9.17, 15) is 9.18 Å². The summed E-state index contributed by atoms with van der Waals surface area (Å²) in [7, 11) is 1.76. The van der Waals surface area contributed by atoms with Crippen LogP contribution in [0, 0.1) is 12.7 Å². The smallest absolute Gasteiger partial charge is 0.254 e. The highest BCUT2D eigenvalue weighted by atomic mass is 19.1. The quantitative estimate of drug-likeness (QED) is 0.815.